The number of sulfonamides is 1. The van der Waals surface area contributed by atoms with Crippen LogP contribution in [0.1, 0.15) is 13.3 Å². The summed E-state index contributed by atoms with van der Waals surface area (Å²) in [7, 11) is -3.18. The highest BCUT2D eigenvalue weighted by atomic mass is 32.2. The van der Waals surface area contributed by atoms with Crippen LogP contribution in [0.4, 0.5) is 11.6 Å². The van der Waals surface area contributed by atoms with Gasteiger partial charge in [-0.25, -0.2) is 23.4 Å². The molecule has 0 aliphatic carbocycles. The molecule has 4 rings (SSSR count). The molecule has 9 nitrogen and oxygen atoms in total. The van der Waals surface area contributed by atoms with Gasteiger partial charge in [-0.1, -0.05) is 19.1 Å². The third kappa shape index (κ3) is 3.52. The molecule has 0 saturated carbocycles. The molecule has 0 spiro atoms. The lowest BCUT2D eigenvalue weighted by molar-refractivity contribution is 0.383. The summed E-state index contributed by atoms with van der Waals surface area (Å²) < 4.78 is 26.1. The second-order valence-corrected chi connectivity index (χ2v) is 8.86. The Morgan fingerprint density at radius 1 is 1.14 bits per heavy atom. The van der Waals surface area contributed by atoms with Crippen LogP contribution in [-0.2, 0) is 10.0 Å². The van der Waals surface area contributed by atoms with E-state index < -0.39 is 10.0 Å². The van der Waals surface area contributed by atoms with Crippen LogP contribution in [0.2, 0.25) is 0 Å². The number of piperazine rings is 1. The van der Waals surface area contributed by atoms with Gasteiger partial charge in [-0.15, -0.1) is 0 Å². The first-order valence-electron chi connectivity index (χ1n) is 9.28. The Kier molecular flexibility index (Phi) is 4.90. The molecule has 0 radical (unpaired) electrons. The number of aromatic nitrogens is 4. The van der Waals surface area contributed by atoms with E-state index in [4.69, 9.17) is 5.73 Å². The van der Waals surface area contributed by atoms with Crippen LogP contribution in [0.25, 0.3) is 22.6 Å². The Bertz CT molecular complexity index is 1060. The zero-order valence-corrected chi connectivity index (χ0v) is 16.5. The second kappa shape index (κ2) is 7.36. The van der Waals surface area contributed by atoms with Crippen LogP contribution in [0.15, 0.2) is 30.5 Å². The summed E-state index contributed by atoms with van der Waals surface area (Å²) in [5, 5.41) is 0. The lowest BCUT2D eigenvalue weighted by Crippen LogP contribution is -2.49. The maximum absolute atomic E-state index is 12.2. The highest BCUT2D eigenvalue weighted by Crippen LogP contribution is 2.25. The van der Waals surface area contributed by atoms with Gasteiger partial charge in [0.05, 0.1) is 23.0 Å². The van der Waals surface area contributed by atoms with Crippen molar-refractivity contribution in [3.63, 3.8) is 0 Å². The first-order chi connectivity index (χ1) is 13.5. The number of H-pyrrole nitrogens is 1. The minimum absolute atomic E-state index is 0.185. The maximum Gasteiger partial charge on any atom is 0.214 e. The molecule has 1 aromatic carbocycles. The number of fused-ring (bicyclic) bond motifs is 1. The number of nitrogens with zero attached hydrogens (tertiary/aromatic N) is 5. The third-order valence-electron chi connectivity index (χ3n) is 4.82. The van der Waals surface area contributed by atoms with Crippen molar-refractivity contribution in [2.75, 3.05) is 42.6 Å². The van der Waals surface area contributed by atoms with E-state index in [2.05, 4.69) is 19.9 Å². The molecule has 148 valence electrons. The van der Waals surface area contributed by atoms with Crippen LogP contribution in [0, 0.1) is 0 Å². The van der Waals surface area contributed by atoms with Gasteiger partial charge >= 0.3 is 0 Å². The predicted molar refractivity (Wildman–Crippen MR) is 109 cm³/mol. The van der Waals surface area contributed by atoms with Crippen molar-refractivity contribution in [1.82, 2.24) is 24.2 Å². The smallest absolute Gasteiger partial charge is 0.214 e. The second-order valence-electron chi connectivity index (χ2n) is 6.77. The van der Waals surface area contributed by atoms with Gasteiger partial charge in [-0.05, 0) is 18.6 Å². The summed E-state index contributed by atoms with van der Waals surface area (Å²) >= 11 is 0. The van der Waals surface area contributed by atoms with E-state index in [0.717, 1.165) is 11.0 Å². The van der Waals surface area contributed by atoms with Gasteiger partial charge in [0.15, 0.2) is 17.3 Å². The Morgan fingerprint density at radius 3 is 2.61 bits per heavy atom. The van der Waals surface area contributed by atoms with Crippen LogP contribution >= 0.6 is 0 Å². The summed E-state index contributed by atoms with van der Waals surface area (Å²) in [6, 6.07) is 7.71. The number of hydrogen-bond donors (Lipinski definition) is 2. The van der Waals surface area contributed by atoms with Crippen molar-refractivity contribution < 1.29 is 8.42 Å². The van der Waals surface area contributed by atoms with E-state index in [9.17, 15) is 8.42 Å². The first-order valence-corrected chi connectivity index (χ1v) is 10.9. The molecule has 0 unspecified atom stereocenters. The lowest BCUT2D eigenvalue weighted by atomic mass is 10.3. The number of rotatable bonds is 5. The number of nitrogens with one attached hydrogen (secondary N) is 1. The van der Waals surface area contributed by atoms with Gasteiger partial charge in [-0.3, -0.25) is 0 Å². The van der Waals surface area contributed by atoms with Crippen molar-refractivity contribution in [3.8, 4) is 11.5 Å². The molecule has 1 saturated heterocycles. The number of imidazole rings is 1. The van der Waals surface area contributed by atoms with Gasteiger partial charge in [0.2, 0.25) is 10.0 Å². The number of anilines is 2. The average molecular weight is 401 g/mol. The van der Waals surface area contributed by atoms with Crippen molar-refractivity contribution in [2.45, 2.75) is 13.3 Å². The van der Waals surface area contributed by atoms with Gasteiger partial charge in [-0.2, -0.15) is 4.31 Å². The van der Waals surface area contributed by atoms with Gasteiger partial charge < -0.3 is 15.6 Å². The number of hydrogen-bond acceptors (Lipinski definition) is 7. The monoisotopic (exact) mass is 401 g/mol. The lowest BCUT2D eigenvalue weighted by Gasteiger charge is -2.34. The molecular weight excluding hydrogens is 378 g/mol. The van der Waals surface area contributed by atoms with Crippen LogP contribution in [-0.4, -0.2) is 64.6 Å². The van der Waals surface area contributed by atoms with E-state index in [-0.39, 0.29) is 5.75 Å². The molecular formula is C18H23N7O2S. The van der Waals surface area contributed by atoms with Gasteiger partial charge in [0, 0.05) is 26.2 Å². The Hall–Kier alpha value is -2.72. The van der Waals surface area contributed by atoms with Crippen molar-refractivity contribution in [2.24, 2.45) is 0 Å². The number of para-hydroxylation sites is 2. The molecule has 0 amide bonds. The fourth-order valence-corrected chi connectivity index (χ4v) is 4.86. The summed E-state index contributed by atoms with van der Waals surface area (Å²) in [4.78, 5) is 18.7. The van der Waals surface area contributed by atoms with Crippen LogP contribution in [0.3, 0.4) is 0 Å². The van der Waals surface area contributed by atoms with E-state index in [0.29, 0.717) is 55.8 Å². The van der Waals surface area contributed by atoms with Crippen molar-refractivity contribution in [3.05, 3.63) is 30.5 Å². The fourth-order valence-electron chi connectivity index (χ4n) is 3.36. The standard InChI is InChI=1S/C18H23N7O2S/c1-2-11-28(26,27)25-9-7-24(8-10-25)15-12-20-17(19)16(23-15)18-21-13-5-3-4-6-14(13)22-18/h3-6,12H,2,7-11H2,1H3,(H2,19,20)(H,21,22). The molecule has 3 aromatic rings. The van der Waals surface area contributed by atoms with Crippen molar-refractivity contribution >= 4 is 32.7 Å². The van der Waals surface area contributed by atoms with E-state index in [1.165, 1.54) is 0 Å². The Balaban J connectivity index is 1.56. The molecule has 28 heavy (non-hydrogen) atoms. The Morgan fingerprint density at radius 2 is 1.89 bits per heavy atom. The normalized spacial score (nSPS) is 16.0. The largest absolute Gasteiger partial charge is 0.382 e. The topological polar surface area (TPSA) is 121 Å². The first kappa shape index (κ1) is 18.6. The third-order valence-corrected chi connectivity index (χ3v) is 6.90. The van der Waals surface area contributed by atoms with Gasteiger partial charge in [0.1, 0.15) is 5.82 Å². The number of aromatic amines is 1. The van der Waals surface area contributed by atoms with Crippen molar-refractivity contribution in [1.29, 1.82) is 0 Å². The molecule has 3 N–H and O–H groups in total. The van der Waals surface area contributed by atoms with Crippen LogP contribution < -0.4 is 10.6 Å². The predicted octanol–water partition coefficient (Wildman–Crippen LogP) is 1.46. The summed E-state index contributed by atoms with van der Waals surface area (Å²) in [5.74, 6) is 1.71. The molecule has 1 fully saturated rings. The van der Waals surface area contributed by atoms with E-state index in [1.54, 1.807) is 10.5 Å². The summed E-state index contributed by atoms with van der Waals surface area (Å²) in [5.41, 5.74) is 8.27. The highest BCUT2D eigenvalue weighted by Gasteiger charge is 2.27. The molecule has 1 aliphatic rings. The summed E-state index contributed by atoms with van der Waals surface area (Å²) in [6.07, 6.45) is 2.24. The number of nitrogen functional groups attached to an aromatic ring is 1. The zero-order chi connectivity index (χ0) is 19.7. The molecule has 2 aromatic heterocycles. The van der Waals surface area contributed by atoms with E-state index >= 15 is 0 Å². The molecule has 3 heterocycles. The molecule has 0 atom stereocenters. The number of benzene rings is 1. The molecule has 0 bridgehead atoms. The Labute approximate surface area is 163 Å². The average Bonchev–Trinajstić information content (AvgIpc) is 3.12. The minimum atomic E-state index is -3.18. The van der Waals surface area contributed by atoms with Gasteiger partial charge in [0.25, 0.3) is 0 Å². The summed E-state index contributed by atoms with van der Waals surface area (Å²) in [6.45, 7) is 3.86. The zero-order valence-electron chi connectivity index (χ0n) is 15.7. The highest BCUT2D eigenvalue weighted by molar-refractivity contribution is 7.89. The fraction of sp³-hybridized carbons (Fsp3) is 0.389. The SMILES string of the molecule is CCCS(=O)(=O)N1CCN(c2cnc(N)c(-c3nc4ccccc4[nH]3)n2)CC1. The molecule has 1 aliphatic heterocycles. The quantitative estimate of drug-likeness (QED) is 0.664. The molecule has 10 heteroatoms. The maximum atomic E-state index is 12.2. The van der Waals surface area contributed by atoms with Crippen LogP contribution in [0.5, 0.6) is 0 Å². The minimum Gasteiger partial charge on any atom is -0.382 e. The van der Waals surface area contributed by atoms with E-state index in [1.807, 2.05) is 36.1 Å². The number of nitrogens with two attached hydrogens (primary N) is 1.